The van der Waals surface area contributed by atoms with Crippen molar-refractivity contribution in [1.29, 1.82) is 0 Å². The molecule has 134 valence electrons. The predicted octanol–water partition coefficient (Wildman–Crippen LogP) is 3.59. The van der Waals surface area contributed by atoms with Gasteiger partial charge in [0.2, 0.25) is 0 Å². The van der Waals surface area contributed by atoms with Crippen molar-refractivity contribution in [2.24, 2.45) is 0 Å². The van der Waals surface area contributed by atoms with Gasteiger partial charge in [-0.05, 0) is 23.8 Å². The van der Waals surface area contributed by atoms with Crippen LogP contribution in [0.25, 0.3) is 11.4 Å². The molecular formula is C19H17ClN2O4. The summed E-state index contributed by atoms with van der Waals surface area (Å²) in [4.78, 5) is 15.6. The number of halogens is 1. The summed E-state index contributed by atoms with van der Waals surface area (Å²) in [5.74, 6) is -0.175. The van der Waals surface area contributed by atoms with Gasteiger partial charge in [-0.1, -0.05) is 41.9 Å². The van der Waals surface area contributed by atoms with E-state index >= 15 is 0 Å². The highest BCUT2D eigenvalue weighted by Gasteiger charge is 2.20. The minimum atomic E-state index is -0.990. The van der Waals surface area contributed by atoms with Gasteiger partial charge in [-0.25, -0.2) is 4.98 Å². The minimum absolute atomic E-state index is 0.00859. The van der Waals surface area contributed by atoms with Crippen molar-refractivity contribution in [1.82, 2.24) is 9.55 Å². The number of benzene rings is 2. The second-order valence-corrected chi connectivity index (χ2v) is 6.06. The van der Waals surface area contributed by atoms with Gasteiger partial charge in [0.25, 0.3) is 0 Å². The number of imidazole rings is 1. The molecule has 3 aromatic rings. The summed E-state index contributed by atoms with van der Waals surface area (Å²) in [5, 5.41) is 19.2. The number of carboxylic acids is 1. The number of aromatic hydroxyl groups is 1. The predicted molar refractivity (Wildman–Crippen MR) is 97.8 cm³/mol. The summed E-state index contributed by atoms with van der Waals surface area (Å²) in [6.45, 7) is 0.418. The molecule has 0 saturated heterocycles. The van der Waals surface area contributed by atoms with E-state index in [1.165, 1.54) is 13.2 Å². The molecule has 0 aliphatic rings. The first-order valence-corrected chi connectivity index (χ1v) is 8.25. The third-order valence-corrected chi connectivity index (χ3v) is 4.27. The van der Waals surface area contributed by atoms with E-state index in [9.17, 15) is 15.0 Å². The summed E-state index contributed by atoms with van der Waals surface area (Å²) < 4.78 is 6.93. The zero-order chi connectivity index (χ0) is 18.7. The lowest BCUT2D eigenvalue weighted by Gasteiger charge is -2.13. The number of methoxy groups -OCH3 is 1. The Morgan fingerprint density at radius 3 is 2.62 bits per heavy atom. The van der Waals surface area contributed by atoms with Crippen LogP contribution in [0.3, 0.4) is 0 Å². The highest BCUT2D eigenvalue weighted by atomic mass is 35.5. The van der Waals surface area contributed by atoms with E-state index in [2.05, 4.69) is 4.98 Å². The van der Waals surface area contributed by atoms with Gasteiger partial charge in [-0.2, -0.15) is 0 Å². The highest BCUT2D eigenvalue weighted by molar-refractivity contribution is 6.30. The van der Waals surface area contributed by atoms with E-state index in [-0.39, 0.29) is 17.3 Å². The normalized spacial score (nSPS) is 10.7. The molecule has 0 amide bonds. The molecule has 1 aromatic heterocycles. The standard InChI is InChI=1S/C19H17ClN2O4/c1-26-16-9-13(7-8-15(16)23)19-21-18(20)14(10-17(24)25)22(19)11-12-5-3-2-4-6-12/h2-9,23H,10-11H2,1H3,(H,24,25). The average Bonchev–Trinajstić information content (AvgIpc) is 2.92. The number of aliphatic carboxylic acids is 1. The van der Waals surface area contributed by atoms with Gasteiger partial charge in [0.15, 0.2) is 16.7 Å². The van der Waals surface area contributed by atoms with E-state index < -0.39 is 5.97 Å². The number of ether oxygens (including phenoxy) is 1. The summed E-state index contributed by atoms with van der Waals surface area (Å²) in [6, 6.07) is 14.4. The Morgan fingerprint density at radius 1 is 1.23 bits per heavy atom. The van der Waals surface area contributed by atoms with Crippen molar-refractivity contribution >= 4 is 17.6 Å². The number of hydrogen-bond donors (Lipinski definition) is 2. The fraction of sp³-hybridized carbons (Fsp3) is 0.158. The fourth-order valence-corrected chi connectivity index (χ4v) is 2.99. The Kier molecular flexibility index (Phi) is 5.14. The lowest BCUT2D eigenvalue weighted by Crippen LogP contribution is -2.11. The van der Waals surface area contributed by atoms with Gasteiger partial charge in [0.05, 0.1) is 19.2 Å². The third kappa shape index (κ3) is 3.65. The number of phenols is 1. The second-order valence-electron chi connectivity index (χ2n) is 5.70. The number of carboxylic acid groups (broad SMARTS) is 1. The van der Waals surface area contributed by atoms with Gasteiger partial charge in [-0.15, -0.1) is 0 Å². The monoisotopic (exact) mass is 372 g/mol. The van der Waals surface area contributed by atoms with E-state index in [1.807, 2.05) is 30.3 Å². The molecule has 0 radical (unpaired) electrons. The molecule has 0 unspecified atom stereocenters. The van der Waals surface area contributed by atoms with Gasteiger partial charge in [-0.3, -0.25) is 4.79 Å². The van der Waals surface area contributed by atoms with Gasteiger partial charge >= 0.3 is 5.97 Å². The maximum atomic E-state index is 11.3. The van der Waals surface area contributed by atoms with Crippen LogP contribution < -0.4 is 4.74 Å². The summed E-state index contributed by atoms with van der Waals surface area (Å²) in [5.41, 5.74) is 2.07. The Bertz CT molecular complexity index is 938. The summed E-state index contributed by atoms with van der Waals surface area (Å²) >= 11 is 6.24. The quantitative estimate of drug-likeness (QED) is 0.690. The van der Waals surface area contributed by atoms with Crippen LogP contribution in [0.5, 0.6) is 11.5 Å². The number of carbonyl (C=O) groups is 1. The average molecular weight is 373 g/mol. The van der Waals surface area contributed by atoms with Gasteiger partial charge in [0, 0.05) is 12.1 Å². The largest absolute Gasteiger partial charge is 0.504 e. The van der Waals surface area contributed by atoms with E-state index in [0.717, 1.165) is 5.56 Å². The third-order valence-electron chi connectivity index (χ3n) is 3.96. The molecule has 1 heterocycles. The van der Waals surface area contributed by atoms with Crippen molar-refractivity contribution in [3.05, 3.63) is 64.9 Å². The molecule has 0 atom stereocenters. The number of nitrogens with zero attached hydrogens (tertiary/aromatic N) is 2. The zero-order valence-electron chi connectivity index (χ0n) is 14.0. The lowest BCUT2D eigenvalue weighted by atomic mass is 10.1. The number of phenolic OH excluding ortho intramolecular Hbond substituents is 1. The van der Waals surface area contributed by atoms with Crippen molar-refractivity contribution in [2.45, 2.75) is 13.0 Å². The van der Waals surface area contributed by atoms with Crippen LogP contribution in [0.4, 0.5) is 0 Å². The first-order valence-electron chi connectivity index (χ1n) is 7.87. The zero-order valence-corrected chi connectivity index (χ0v) is 14.8. The Labute approximate surface area is 155 Å². The molecule has 0 spiro atoms. The number of rotatable bonds is 6. The van der Waals surface area contributed by atoms with Crippen molar-refractivity contribution in [3.8, 4) is 22.9 Å². The molecule has 3 rings (SSSR count). The van der Waals surface area contributed by atoms with Crippen molar-refractivity contribution in [2.75, 3.05) is 7.11 Å². The van der Waals surface area contributed by atoms with Crippen LogP contribution in [0, 0.1) is 0 Å². The van der Waals surface area contributed by atoms with E-state index in [4.69, 9.17) is 16.3 Å². The van der Waals surface area contributed by atoms with Crippen LogP contribution >= 0.6 is 11.6 Å². The number of hydrogen-bond acceptors (Lipinski definition) is 4. The smallest absolute Gasteiger partial charge is 0.309 e. The molecule has 0 saturated carbocycles. The molecule has 0 aliphatic carbocycles. The number of aromatic nitrogens is 2. The lowest BCUT2D eigenvalue weighted by molar-refractivity contribution is -0.136. The SMILES string of the molecule is COc1cc(-c2nc(Cl)c(CC(=O)O)n2Cc2ccccc2)ccc1O. The van der Waals surface area contributed by atoms with Gasteiger partial charge < -0.3 is 19.5 Å². The van der Waals surface area contributed by atoms with Crippen molar-refractivity contribution in [3.63, 3.8) is 0 Å². The van der Waals surface area contributed by atoms with Crippen LogP contribution in [0.1, 0.15) is 11.3 Å². The van der Waals surface area contributed by atoms with E-state index in [0.29, 0.717) is 29.4 Å². The van der Waals surface area contributed by atoms with Crippen molar-refractivity contribution < 1.29 is 19.7 Å². The minimum Gasteiger partial charge on any atom is -0.504 e. The molecular weight excluding hydrogens is 356 g/mol. The molecule has 26 heavy (non-hydrogen) atoms. The summed E-state index contributed by atoms with van der Waals surface area (Å²) in [7, 11) is 1.46. The van der Waals surface area contributed by atoms with Crippen LogP contribution in [0.2, 0.25) is 5.15 Å². The maximum absolute atomic E-state index is 11.3. The molecule has 0 bridgehead atoms. The summed E-state index contributed by atoms with van der Waals surface area (Å²) in [6.07, 6.45) is -0.242. The van der Waals surface area contributed by atoms with Crippen LogP contribution in [0.15, 0.2) is 48.5 Å². The van der Waals surface area contributed by atoms with Crippen LogP contribution in [-0.2, 0) is 17.8 Å². The molecule has 2 N–H and O–H groups in total. The van der Waals surface area contributed by atoms with E-state index in [1.54, 1.807) is 16.7 Å². The Morgan fingerprint density at radius 2 is 1.96 bits per heavy atom. The first kappa shape index (κ1) is 17.8. The molecule has 0 fully saturated rings. The van der Waals surface area contributed by atoms with Gasteiger partial charge in [0.1, 0.15) is 5.82 Å². The molecule has 0 aliphatic heterocycles. The van der Waals surface area contributed by atoms with Crippen LogP contribution in [-0.4, -0.2) is 32.8 Å². The second kappa shape index (κ2) is 7.49. The first-order chi connectivity index (χ1) is 12.5. The molecule has 2 aromatic carbocycles. The Hall–Kier alpha value is -2.99. The Balaban J connectivity index is 2.13. The molecule has 7 heteroatoms. The maximum Gasteiger partial charge on any atom is 0.309 e. The topological polar surface area (TPSA) is 84.6 Å². The highest BCUT2D eigenvalue weighted by Crippen LogP contribution is 2.33. The molecule has 6 nitrogen and oxygen atoms in total. The fourth-order valence-electron chi connectivity index (χ4n) is 2.74.